The smallest absolute Gasteiger partial charge is 0.484 e. The maximum Gasteiger partial charge on any atom is 0.864 e. The van der Waals surface area contributed by atoms with Gasteiger partial charge in [-0.1, -0.05) is 0 Å². The Morgan fingerprint density at radius 2 is 0.651 bits per heavy atom. The van der Waals surface area contributed by atoms with E-state index in [2.05, 4.69) is 18.9 Å². The molecular weight excluding hydrogens is 634 g/mol. The summed E-state index contributed by atoms with van der Waals surface area (Å²) in [7, 11) is -3.75. The molecule has 0 aliphatic heterocycles. The molecule has 230 valence electrons. The normalized spacial score (nSPS) is 10.8. The number of H-pyrrole nitrogens is 1. The molecule has 0 bridgehead atoms. The highest BCUT2D eigenvalue weighted by Crippen LogP contribution is 2.35. The zero-order chi connectivity index (χ0) is 32.5. The fraction of sp³-hybridized carbons (Fsp3) is 0.0435. The van der Waals surface area contributed by atoms with Crippen molar-refractivity contribution in [2.75, 3.05) is 0 Å². The lowest BCUT2D eigenvalue weighted by molar-refractivity contribution is 0.247. The summed E-state index contributed by atoms with van der Waals surface area (Å²) >= 11 is 0. The van der Waals surface area contributed by atoms with Gasteiger partial charge in [0.2, 0.25) is 87.3 Å². The molecule has 1 aromatic heterocycles. The van der Waals surface area contributed by atoms with E-state index in [-0.39, 0.29) is 0 Å². The predicted octanol–water partition coefficient (Wildman–Crippen LogP) is 7.62. The first-order valence-corrected chi connectivity index (χ1v) is 10.6. The number of rotatable bonds is 6. The Hall–Kier alpha value is -4.65. The van der Waals surface area contributed by atoms with Crippen molar-refractivity contribution in [2.24, 2.45) is 0 Å². The number of aromatic amines is 1. The van der Waals surface area contributed by atoms with E-state index in [0.717, 1.165) is 0 Å². The Bertz CT molecular complexity index is 1430. The molecule has 20 heteroatoms. The molecule has 0 spiro atoms. The van der Waals surface area contributed by atoms with Crippen LogP contribution in [0.3, 0.4) is 0 Å². The minimum absolute atomic E-state index is 1.22. The molecule has 0 fully saturated rings. The Morgan fingerprint density at radius 3 is 0.814 bits per heavy atom. The molecule has 1 N–H and O–H groups in total. The number of hydrogen-bond donors (Lipinski definition) is 1. The highest BCUT2D eigenvalue weighted by molar-refractivity contribution is 6.39. The van der Waals surface area contributed by atoms with E-state index >= 15 is 0 Å². The molecule has 0 aliphatic rings. The fourth-order valence-corrected chi connectivity index (χ4v) is 2.85. The third kappa shape index (κ3) is 6.26. The molecule has 4 nitrogen and oxygen atoms in total. The van der Waals surface area contributed by atoms with Crippen LogP contribution in [-0.4, -0.2) is 12.3 Å². The van der Waals surface area contributed by atoms with Crippen molar-refractivity contribution in [1.82, 2.24) is 4.98 Å². The number of aromatic nitrogens is 1. The fourth-order valence-electron chi connectivity index (χ4n) is 2.85. The van der Waals surface area contributed by atoms with Crippen LogP contribution in [0.25, 0.3) is 0 Å². The number of nitrogens with one attached hydrogen (secondary N) is 1. The molecule has 4 aromatic rings. The van der Waals surface area contributed by atoms with E-state index in [0.29, 0.717) is 0 Å². The zero-order valence-electron chi connectivity index (χ0n) is 20.2. The van der Waals surface area contributed by atoms with Gasteiger partial charge in [-0.2, -0.15) is 26.3 Å². The number of benzene rings is 3. The van der Waals surface area contributed by atoms with Crippen molar-refractivity contribution < 1.29 is 79.8 Å². The summed E-state index contributed by atoms with van der Waals surface area (Å²) in [5.41, 5.74) is 1.22. The zero-order valence-corrected chi connectivity index (χ0v) is 20.2. The Balaban J connectivity index is 0.000000749. The molecule has 0 saturated heterocycles. The average molecular weight is 641 g/mol. The lowest BCUT2D eigenvalue weighted by Gasteiger charge is -2.19. The van der Waals surface area contributed by atoms with Crippen molar-refractivity contribution in [3.05, 3.63) is 111 Å². The topological polar surface area (TPSA) is 43.5 Å². The lowest BCUT2D eigenvalue weighted by atomic mass is 10.1. The summed E-state index contributed by atoms with van der Waals surface area (Å²) in [5, 5.41) is 0. The summed E-state index contributed by atoms with van der Waals surface area (Å²) in [6, 6.07) is 4.01. The van der Waals surface area contributed by atoms with Gasteiger partial charge in [-0.25, -0.2) is 39.5 Å². The maximum atomic E-state index is 13.9. The number of aryl methyl sites for hydroxylation is 1. The first kappa shape index (κ1) is 32.9. The van der Waals surface area contributed by atoms with Crippen LogP contribution in [0.15, 0.2) is 18.3 Å². The van der Waals surface area contributed by atoms with Crippen molar-refractivity contribution in [1.29, 1.82) is 0 Å². The van der Waals surface area contributed by atoms with Gasteiger partial charge in [0.15, 0.2) is 17.2 Å². The van der Waals surface area contributed by atoms with Gasteiger partial charge >= 0.3 is 7.32 Å². The third-order valence-corrected chi connectivity index (χ3v) is 4.90. The van der Waals surface area contributed by atoms with Crippen LogP contribution in [0.2, 0.25) is 0 Å². The molecule has 0 atom stereocenters. The molecule has 43 heavy (non-hydrogen) atoms. The first-order valence-electron chi connectivity index (χ1n) is 10.6. The third-order valence-electron chi connectivity index (χ3n) is 4.90. The molecule has 0 radical (unpaired) electrons. The molecule has 0 aliphatic carbocycles. The molecule has 3 aromatic carbocycles. The van der Waals surface area contributed by atoms with E-state index in [1.165, 1.54) is 5.69 Å². The predicted molar refractivity (Wildman–Crippen MR) is 112 cm³/mol. The number of halogens is 15. The summed E-state index contributed by atoms with van der Waals surface area (Å²) in [6.07, 6.45) is 1.91. The lowest BCUT2D eigenvalue weighted by Crippen LogP contribution is -2.39. The molecule has 0 saturated carbocycles. The molecular formula is C23H7BF15NO3. The van der Waals surface area contributed by atoms with Crippen LogP contribution in [0.5, 0.6) is 17.2 Å². The summed E-state index contributed by atoms with van der Waals surface area (Å²) < 4.78 is 216. The summed E-state index contributed by atoms with van der Waals surface area (Å²) in [5.74, 6) is -50.0. The highest BCUT2D eigenvalue weighted by Gasteiger charge is 2.42. The second kappa shape index (κ2) is 12.7. The second-order valence-corrected chi connectivity index (χ2v) is 7.69. The van der Waals surface area contributed by atoms with E-state index in [1.807, 2.05) is 25.3 Å². The molecule has 0 unspecified atom stereocenters. The minimum Gasteiger partial charge on any atom is -0.484 e. The van der Waals surface area contributed by atoms with E-state index in [4.69, 9.17) is 0 Å². The summed E-state index contributed by atoms with van der Waals surface area (Å²) in [4.78, 5) is 3.00. The van der Waals surface area contributed by atoms with Crippen molar-refractivity contribution in [2.45, 2.75) is 6.92 Å². The van der Waals surface area contributed by atoms with Crippen LogP contribution in [0.1, 0.15) is 5.69 Å². The van der Waals surface area contributed by atoms with Crippen molar-refractivity contribution in [3.8, 4) is 17.2 Å². The monoisotopic (exact) mass is 641 g/mol. The standard InChI is InChI=1S/C18BF15O3.C5H7N/c20-1-4(23)10(29)16(11(30)5(1)24)35-19(36-17-12(31)6(25)2(21)7(26)13(17)32)37-18-14(33)8(27)3(22)9(28)15(18)34;1-5-3-2-4-6-5/h;2-4,6H,1H3. The van der Waals surface area contributed by atoms with Crippen LogP contribution in [-0.2, 0) is 0 Å². The van der Waals surface area contributed by atoms with Crippen LogP contribution in [0.4, 0.5) is 65.9 Å². The van der Waals surface area contributed by atoms with Gasteiger partial charge in [0, 0.05) is 11.9 Å². The van der Waals surface area contributed by atoms with Gasteiger partial charge in [-0.05, 0) is 19.1 Å². The minimum atomic E-state index is -3.75. The Kier molecular flexibility index (Phi) is 9.70. The average Bonchev–Trinajstić information content (AvgIpc) is 3.48. The van der Waals surface area contributed by atoms with Gasteiger partial charge in [-0.3, -0.25) is 0 Å². The molecule has 1 heterocycles. The summed E-state index contributed by atoms with van der Waals surface area (Å²) in [6.45, 7) is 2.03. The molecule has 0 amide bonds. The molecule has 4 rings (SSSR count). The number of hydrogen-bond acceptors (Lipinski definition) is 3. The van der Waals surface area contributed by atoms with Gasteiger partial charge in [0.25, 0.3) is 0 Å². The van der Waals surface area contributed by atoms with E-state index in [9.17, 15) is 65.9 Å². The van der Waals surface area contributed by atoms with Crippen LogP contribution < -0.4 is 14.0 Å². The van der Waals surface area contributed by atoms with Gasteiger partial charge in [0.1, 0.15) is 0 Å². The largest absolute Gasteiger partial charge is 0.864 e. The SMILES string of the molecule is Cc1ccc[nH]1.Fc1c(F)c(F)c(OB(Oc2c(F)c(F)c(F)c(F)c2F)Oc2c(F)c(F)c(F)c(F)c2F)c(F)c1F. The van der Waals surface area contributed by atoms with E-state index < -0.39 is 112 Å². The van der Waals surface area contributed by atoms with Gasteiger partial charge in [-0.15, -0.1) is 0 Å². The van der Waals surface area contributed by atoms with Crippen molar-refractivity contribution >= 4 is 7.32 Å². The second-order valence-electron chi connectivity index (χ2n) is 7.69. The highest BCUT2D eigenvalue weighted by atomic mass is 19.2. The van der Waals surface area contributed by atoms with Crippen molar-refractivity contribution in [3.63, 3.8) is 0 Å². The quantitative estimate of drug-likeness (QED) is 0.102. The van der Waals surface area contributed by atoms with Crippen LogP contribution >= 0.6 is 0 Å². The first-order chi connectivity index (χ1) is 20.0. The van der Waals surface area contributed by atoms with Gasteiger partial charge in [0.05, 0.1) is 0 Å². The van der Waals surface area contributed by atoms with E-state index in [1.54, 1.807) is 0 Å². The van der Waals surface area contributed by atoms with Crippen LogP contribution in [0, 0.1) is 94.2 Å². The van der Waals surface area contributed by atoms with Gasteiger partial charge < -0.3 is 18.9 Å². The Labute approximate surface area is 228 Å². The maximum absolute atomic E-state index is 13.9. The Morgan fingerprint density at radius 1 is 0.419 bits per heavy atom.